The topological polar surface area (TPSA) is 23.5 Å². The predicted octanol–water partition coefficient (Wildman–Crippen LogP) is 4.86. The summed E-state index contributed by atoms with van der Waals surface area (Å²) in [5.74, 6) is 0.895. The van der Waals surface area contributed by atoms with Crippen molar-refractivity contribution < 1.29 is 5.11 Å². The maximum absolute atomic E-state index is 10.2. The number of aliphatic hydroxyl groups excluding tert-OH is 1. The van der Waals surface area contributed by atoms with Crippen molar-refractivity contribution in [2.75, 3.05) is 13.1 Å². The molecule has 26 heavy (non-hydrogen) atoms. The largest absolute Gasteiger partial charge is 0.508 e. The second-order valence-corrected chi connectivity index (χ2v) is 8.24. The Hall–Kier alpha value is -1.90. The van der Waals surface area contributed by atoms with E-state index in [1.807, 2.05) is 0 Å². The number of rotatable bonds is 8. The van der Waals surface area contributed by atoms with Crippen molar-refractivity contribution in [1.29, 1.82) is 0 Å². The highest BCUT2D eigenvalue weighted by Crippen LogP contribution is 2.32. The summed E-state index contributed by atoms with van der Waals surface area (Å²) in [6, 6.07) is 4.51. The zero-order valence-electron chi connectivity index (χ0n) is 16.3. The summed E-state index contributed by atoms with van der Waals surface area (Å²) in [7, 11) is 1.22. The summed E-state index contributed by atoms with van der Waals surface area (Å²) < 4.78 is 0. The van der Waals surface area contributed by atoms with Crippen molar-refractivity contribution in [3.63, 3.8) is 0 Å². The van der Waals surface area contributed by atoms with Crippen molar-refractivity contribution >= 4 is 13.0 Å². The van der Waals surface area contributed by atoms with Crippen molar-refractivity contribution in [3.8, 4) is 0 Å². The van der Waals surface area contributed by atoms with Crippen LogP contribution in [0.4, 0.5) is 0 Å². The first kappa shape index (κ1) is 18.9. The van der Waals surface area contributed by atoms with E-state index >= 15 is 0 Å². The molecule has 0 amide bonds. The van der Waals surface area contributed by atoms with Crippen LogP contribution in [0.15, 0.2) is 43.1 Å². The number of nitrogens with zero attached hydrogens (tertiary/aromatic N) is 1. The highest BCUT2D eigenvalue weighted by atomic mass is 16.3. The Labute approximate surface area is 159 Å². The van der Waals surface area contributed by atoms with Gasteiger partial charge in [-0.1, -0.05) is 43.5 Å². The van der Waals surface area contributed by atoms with Gasteiger partial charge in [-0.2, -0.15) is 0 Å². The fraction of sp³-hybridized carbons (Fsp3) is 0.478. The molecule has 0 radical (unpaired) electrons. The van der Waals surface area contributed by atoms with E-state index < -0.39 is 0 Å². The summed E-state index contributed by atoms with van der Waals surface area (Å²) in [4.78, 5) is 2.41. The maximum atomic E-state index is 10.2. The first-order valence-electron chi connectivity index (χ1n) is 10.0. The second-order valence-electron chi connectivity index (χ2n) is 8.24. The van der Waals surface area contributed by atoms with Crippen LogP contribution in [0.1, 0.15) is 48.4 Å². The van der Waals surface area contributed by atoms with E-state index in [4.69, 9.17) is 0 Å². The number of fused-ring (bicyclic) bond motifs is 1. The van der Waals surface area contributed by atoms with Crippen molar-refractivity contribution in [2.24, 2.45) is 5.92 Å². The lowest BCUT2D eigenvalue weighted by Crippen LogP contribution is -2.46. The third-order valence-corrected chi connectivity index (χ3v) is 5.89. The van der Waals surface area contributed by atoms with Crippen LogP contribution in [0, 0.1) is 5.92 Å². The molecule has 2 nitrogen and oxygen atoms in total. The van der Waals surface area contributed by atoms with Crippen LogP contribution in [0.2, 0.25) is 6.32 Å². The molecule has 0 spiro atoms. The average Bonchev–Trinajstić information content (AvgIpc) is 2.56. The van der Waals surface area contributed by atoms with Crippen LogP contribution in [0.3, 0.4) is 0 Å². The second kappa shape index (κ2) is 8.20. The van der Waals surface area contributed by atoms with E-state index in [1.165, 1.54) is 41.6 Å². The number of hydrogen-bond donors (Lipinski definition) is 1. The fourth-order valence-corrected chi connectivity index (χ4v) is 4.43. The minimum absolute atomic E-state index is 0.249. The summed E-state index contributed by atoms with van der Waals surface area (Å²) in [6.07, 6.45) is 7.80. The van der Waals surface area contributed by atoms with Crippen LogP contribution in [-0.2, 0) is 19.2 Å². The lowest BCUT2D eigenvalue weighted by molar-refractivity contribution is 0.138. The highest BCUT2D eigenvalue weighted by molar-refractivity contribution is 6.35. The molecule has 138 valence electrons. The molecular weight excluding hydrogens is 317 g/mol. The Morgan fingerprint density at radius 2 is 2.00 bits per heavy atom. The van der Waals surface area contributed by atoms with Crippen molar-refractivity contribution in [1.82, 2.24) is 4.90 Å². The standard InChI is InChI=1S/C23H32BNO/c1-16(2)6-5-7-17(3)25-14-19(15-25)12-21-9-8-20-10-11-24-13-22(20)23(21)18(4)26/h8-9,19,24,26H,1,3-7,10-15H2,2H3. The predicted molar refractivity (Wildman–Crippen MR) is 114 cm³/mol. The highest BCUT2D eigenvalue weighted by Gasteiger charge is 2.29. The molecule has 0 atom stereocenters. The number of allylic oxidation sites excluding steroid dienone is 2. The molecule has 0 aromatic heterocycles. The fourth-order valence-electron chi connectivity index (χ4n) is 4.43. The van der Waals surface area contributed by atoms with Gasteiger partial charge < -0.3 is 10.0 Å². The molecule has 3 rings (SSSR count). The SMILES string of the molecule is C=C(C)CCCC(=C)N1CC(Cc2ccc3c(c2C(=C)O)CBCC3)C1. The first-order chi connectivity index (χ1) is 12.5. The van der Waals surface area contributed by atoms with E-state index in [1.54, 1.807) is 0 Å². The number of aryl methyl sites for hydroxylation is 1. The summed E-state index contributed by atoms with van der Waals surface area (Å²) >= 11 is 0. The molecular formula is C23H32BNO. The Balaban J connectivity index is 1.58. The number of likely N-dealkylation sites (tertiary alicyclic amines) is 1. The Morgan fingerprint density at radius 3 is 2.69 bits per heavy atom. The molecule has 1 aromatic rings. The molecule has 2 aliphatic rings. The lowest BCUT2D eigenvalue weighted by atomic mass is 9.61. The third-order valence-electron chi connectivity index (χ3n) is 5.89. The van der Waals surface area contributed by atoms with E-state index in [9.17, 15) is 5.11 Å². The molecule has 1 fully saturated rings. The van der Waals surface area contributed by atoms with Gasteiger partial charge in [0, 0.05) is 24.4 Å². The molecule has 3 heteroatoms. The van der Waals surface area contributed by atoms with Crippen LogP contribution in [0.25, 0.3) is 5.76 Å². The monoisotopic (exact) mass is 349 g/mol. The van der Waals surface area contributed by atoms with E-state index in [2.05, 4.69) is 43.7 Å². The Bertz CT molecular complexity index is 715. The first-order valence-corrected chi connectivity index (χ1v) is 10.0. The van der Waals surface area contributed by atoms with Gasteiger partial charge in [0.2, 0.25) is 0 Å². The van der Waals surface area contributed by atoms with Gasteiger partial charge in [0.15, 0.2) is 0 Å². The van der Waals surface area contributed by atoms with Crippen LogP contribution < -0.4 is 0 Å². The smallest absolute Gasteiger partial charge is 0.126 e. The molecule has 1 N–H and O–H groups in total. The minimum Gasteiger partial charge on any atom is -0.508 e. The van der Waals surface area contributed by atoms with Crippen LogP contribution in [-0.4, -0.2) is 30.4 Å². The van der Waals surface area contributed by atoms with E-state index in [-0.39, 0.29) is 5.76 Å². The van der Waals surface area contributed by atoms with E-state index in [0.717, 1.165) is 57.1 Å². The van der Waals surface area contributed by atoms with Gasteiger partial charge in [-0.25, -0.2) is 0 Å². The molecule has 1 aromatic carbocycles. The van der Waals surface area contributed by atoms with Gasteiger partial charge in [0.1, 0.15) is 13.0 Å². The van der Waals surface area contributed by atoms with Crippen LogP contribution >= 0.6 is 0 Å². The average molecular weight is 349 g/mol. The van der Waals surface area contributed by atoms with Gasteiger partial charge in [-0.05, 0) is 61.6 Å². The molecule has 0 unspecified atom stereocenters. The molecule has 1 saturated heterocycles. The third kappa shape index (κ3) is 4.25. The molecule has 2 aliphatic heterocycles. The lowest BCUT2D eigenvalue weighted by Gasteiger charge is -2.43. The number of aliphatic hydroxyl groups is 1. The molecule has 0 saturated carbocycles. The van der Waals surface area contributed by atoms with E-state index in [0.29, 0.717) is 5.92 Å². The molecule has 2 heterocycles. The van der Waals surface area contributed by atoms with Crippen LogP contribution in [0.5, 0.6) is 0 Å². The van der Waals surface area contributed by atoms with Crippen molar-refractivity contribution in [3.05, 3.63) is 65.4 Å². The van der Waals surface area contributed by atoms with Gasteiger partial charge in [-0.15, -0.1) is 6.58 Å². The normalized spacial score (nSPS) is 16.4. The number of benzene rings is 1. The minimum atomic E-state index is 0.249. The summed E-state index contributed by atoms with van der Waals surface area (Å²) in [5, 5.41) is 10.2. The Morgan fingerprint density at radius 1 is 1.23 bits per heavy atom. The molecule has 0 bridgehead atoms. The summed E-state index contributed by atoms with van der Waals surface area (Å²) in [5.41, 5.74) is 7.59. The van der Waals surface area contributed by atoms with Gasteiger partial charge >= 0.3 is 0 Å². The Kier molecular flexibility index (Phi) is 5.96. The van der Waals surface area contributed by atoms with Gasteiger partial charge in [-0.3, -0.25) is 0 Å². The van der Waals surface area contributed by atoms with Gasteiger partial charge in [0.25, 0.3) is 0 Å². The molecule has 0 aliphatic carbocycles. The number of hydrogen-bond acceptors (Lipinski definition) is 2. The van der Waals surface area contributed by atoms with Gasteiger partial charge in [0.05, 0.1) is 0 Å². The zero-order valence-corrected chi connectivity index (χ0v) is 16.3. The summed E-state index contributed by atoms with van der Waals surface area (Å²) in [6.45, 7) is 16.4. The quantitative estimate of drug-likeness (QED) is 0.412. The zero-order chi connectivity index (χ0) is 18.7. The maximum Gasteiger partial charge on any atom is 0.126 e. The van der Waals surface area contributed by atoms with Crippen molar-refractivity contribution in [2.45, 2.75) is 51.7 Å².